The van der Waals surface area contributed by atoms with Crippen LogP contribution in [0.3, 0.4) is 0 Å². The van der Waals surface area contributed by atoms with Crippen LogP contribution in [0, 0.1) is 0 Å². The quantitative estimate of drug-likeness (QED) is 0.852. The van der Waals surface area contributed by atoms with Crippen LogP contribution in [0.4, 0.5) is 0 Å². The number of benzene rings is 1. The molecule has 108 valence electrons. The molecular weight excluding hydrogens is 276 g/mol. The minimum Gasteiger partial charge on any atom is -0.481 e. The molecule has 1 aromatic rings. The molecular formula is C14H18N2O3S. The van der Waals surface area contributed by atoms with E-state index in [0.717, 1.165) is 23.6 Å². The number of rotatable bonds is 5. The van der Waals surface area contributed by atoms with Gasteiger partial charge in [0.25, 0.3) is 0 Å². The average molecular weight is 294 g/mol. The molecule has 1 aliphatic heterocycles. The van der Waals surface area contributed by atoms with Crippen molar-refractivity contribution >= 4 is 23.6 Å². The Morgan fingerprint density at radius 2 is 2.15 bits per heavy atom. The molecule has 1 unspecified atom stereocenters. The summed E-state index contributed by atoms with van der Waals surface area (Å²) >= 11 is 1.77. The van der Waals surface area contributed by atoms with Crippen molar-refractivity contribution < 1.29 is 14.7 Å². The van der Waals surface area contributed by atoms with Crippen molar-refractivity contribution in [3.05, 3.63) is 35.4 Å². The van der Waals surface area contributed by atoms with Crippen LogP contribution in [0.15, 0.2) is 24.3 Å². The van der Waals surface area contributed by atoms with E-state index in [1.165, 1.54) is 0 Å². The molecule has 0 radical (unpaired) electrons. The summed E-state index contributed by atoms with van der Waals surface area (Å²) < 4.78 is 0. The molecule has 1 amide bonds. The predicted octanol–water partition coefficient (Wildman–Crippen LogP) is 1.18. The molecule has 6 heteroatoms. The summed E-state index contributed by atoms with van der Waals surface area (Å²) in [5, 5.41) is 8.98. The fourth-order valence-corrected chi connectivity index (χ4v) is 3.54. The molecule has 0 aliphatic carbocycles. The zero-order chi connectivity index (χ0) is 14.5. The van der Waals surface area contributed by atoms with Crippen LogP contribution >= 0.6 is 11.8 Å². The molecule has 2 rings (SSSR count). The molecule has 1 aromatic carbocycles. The fourth-order valence-electron chi connectivity index (χ4n) is 2.40. The van der Waals surface area contributed by atoms with Crippen molar-refractivity contribution in [1.29, 1.82) is 0 Å². The first-order valence-electron chi connectivity index (χ1n) is 6.49. The number of aliphatic carboxylic acids is 1. The van der Waals surface area contributed by atoms with E-state index >= 15 is 0 Å². The lowest BCUT2D eigenvalue weighted by Crippen LogP contribution is -2.43. The Bertz CT molecular complexity index is 507. The number of amides is 1. The molecule has 20 heavy (non-hydrogen) atoms. The Hall–Kier alpha value is -1.53. The maximum atomic E-state index is 11.4. The first-order valence-corrected chi connectivity index (χ1v) is 7.64. The van der Waals surface area contributed by atoms with Gasteiger partial charge in [0.2, 0.25) is 5.91 Å². The van der Waals surface area contributed by atoms with Gasteiger partial charge in [0, 0.05) is 36.2 Å². The van der Waals surface area contributed by atoms with E-state index in [1.807, 2.05) is 12.1 Å². The van der Waals surface area contributed by atoms with E-state index in [2.05, 4.69) is 4.90 Å². The van der Waals surface area contributed by atoms with Crippen LogP contribution in [-0.2, 0) is 11.3 Å². The normalized spacial score (nSPS) is 19.7. The number of primary amides is 1. The van der Waals surface area contributed by atoms with E-state index < -0.39 is 11.9 Å². The van der Waals surface area contributed by atoms with Gasteiger partial charge in [-0.05, 0) is 11.6 Å². The smallest absolute Gasteiger partial charge is 0.304 e. The van der Waals surface area contributed by atoms with Crippen molar-refractivity contribution in [1.82, 2.24) is 4.90 Å². The first kappa shape index (κ1) is 14.9. The molecule has 5 nitrogen and oxygen atoms in total. The highest BCUT2D eigenvalue weighted by Gasteiger charge is 2.25. The summed E-state index contributed by atoms with van der Waals surface area (Å²) in [5.41, 5.74) is 6.76. The summed E-state index contributed by atoms with van der Waals surface area (Å²) in [5.74, 6) is 0.562. The fraction of sp³-hybridized carbons (Fsp3) is 0.429. The summed E-state index contributed by atoms with van der Waals surface area (Å²) in [6, 6.07) is 7.24. The third-order valence-electron chi connectivity index (χ3n) is 3.42. The van der Waals surface area contributed by atoms with Crippen molar-refractivity contribution in [3.8, 4) is 0 Å². The van der Waals surface area contributed by atoms with Gasteiger partial charge in [-0.1, -0.05) is 18.2 Å². The second-order valence-electron chi connectivity index (χ2n) is 4.82. The number of carbonyl (C=O) groups is 2. The monoisotopic (exact) mass is 294 g/mol. The number of hydrogen-bond acceptors (Lipinski definition) is 4. The van der Waals surface area contributed by atoms with Gasteiger partial charge in [-0.3, -0.25) is 14.5 Å². The second kappa shape index (κ2) is 6.76. The first-order chi connectivity index (χ1) is 9.58. The average Bonchev–Trinajstić information content (AvgIpc) is 2.41. The summed E-state index contributed by atoms with van der Waals surface area (Å²) in [7, 11) is 0. The number of carboxylic acid groups (broad SMARTS) is 1. The largest absolute Gasteiger partial charge is 0.481 e. The van der Waals surface area contributed by atoms with Crippen molar-refractivity contribution in [2.45, 2.75) is 19.0 Å². The number of nitrogens with zero attached hydrogens (tertiary/aromatic N) is 1. The summed E-state index contributed by atoms with van der Waals surface area (Å²) in [6.07, 6.45) is 0.131. The van der Waals surface area contributed by atoms with E-state index in [-0.39, 0.29) is 12.5 Å². The van der Waals surface area contributed by atoms with E-state index in [4.69, 9.17) is 10.8 Å². The van der Waals surface area contributed by atoms with E-state index in [1.54, 1.807) is 23.9 Å². The molecule has 1 heterocycles. The Morgan fingerprint density at radius 1 is 1.40 bits per heavy atom. The lowest BCUT2D eigenvalue weighted by molar-refractivity contribution is -0.138. The third-order valence-corrected chi connectivity index (χ3v) is 4.51. The molecule has 1 aliphatic rings. The minimum absolute atomic E-state index is 0.00665. The molecule has 0 bridgehead atoms. The van der Waals surface area contributed by atoms with Crippen molar-refractivity contribution in [3.63, 3.8) is 0 Å². The maximum Gasteiger partial charge on any atom is 0.304 e. The van der Waals surface area contributed by atoms with Crippen LogP contribution < -0.4 is 5.73 Å². The van der Waals surface area contributed by atoms with Gasteiger partial charge < -0.3 is 10.8 Å². The molecule has 0 saturated carbocycles. The lowest BCUT2D eigenvalue weighted by atomic mass is 10.1. The van der Waals surface area contributed by atoms with Crippen molar-refractivity contribution in [2.24, 2.45) is 5.73 Å². The highest BCUT2D eigenvalue weighted by Crippen LogP contribution is 2.22. The zero-order valence-electron chi connectivity index (χ0n) is 11.1. The number of carboxylic acids is 1. The lowest BCUT2D eigenvalue weighted by Gasteiger charge is -2.34. The van der Waals surface area contributed by atoms with Gasteiger partial charge in [-0.15, -0.1) is 0 Å². The Labute approximate surface area is 122 Å². The number of carbonyl (C=O) groups excluding carboxylic acids is 1. The Morgan fingerprint density at radius 3 is 2.85 bits per heavy atom. The molecule has 1 fully saturated rings. The van der Waals surface area contributed by atoms with Crippen LogP contribution in [0.2, 0.25) is 0 Å². The Kier molecular flexibility index (Phi) is 5.03. The second-order valence-corrected chi connectivity index (χ2v) is 5.97. The van der Waals surface area contributed by atoms with E-state index in [0.29, 0.717) is 12.1 Å². The SMILES string of the molecule is NC(=O)c1ccccc1CN1CCSCC1CC(=O)O. The zero-order valence-corrected chi connectivity index (χ0v) is 11.9. The van der Waals surface area contributed by atoms with E-state index in [9.17, 15) is 9.59 Å². The van der Waals surface area contributed by atoms with Gasteiger partial charge in [-0.25, -0.2) is 0 Å². The molecule has 0 aromatic heterocycles. The van der Waals surface area contributed by atoms with Crippen LogP contribution in [-0.4, -0.2) is 46.0 Å². The minimum atomic E-state index is -0.786. The van der Waals surface area contributed by atoms with Gasteiger partial charge in [0.1, 0.15) is 0 Å². The van der Waals surface area contributed by atoms with Gasteiger partial charge in [-0.2, -0.15) is 11.8 Å². The summed E-state index contributed by atoms with van der Waals surface area (Å²) in [6.45, 7) is 1.40. The molecule has 1 atom stereocenters. The maximum absolute atomic E-state index is 11.4. The number of nitrogens with two attached hydrogens (primary N) is 1. The highest BCUT2D eigenvalue weighted by molar-refractivity contribution is 7.99. The predicted molar refractivity (Wildman–Crippen MR) is 78.7 cm³/mol. The number of thioether (sulfide) groups is 1. The molecule has 0 spiro atoms. The molecule has 3 N–H and O–H groups in total. The standard InChI is InChI=1S/C14H18N2O3S/c15-14(19)12-4-2-1-3-10(12)8-16-5-6-20-9-11(16)7-13(17)18/h1-4,11H,5-9H2,(H2,15,19)(H,17,18). The van der Waals surface area contributed by atoms with Crippen LogP contribution in [0.1, 0.15) is 22.3 Å². The number of hydrogen-bond donors (Lipinski definition) is 2. The van der Waals surface area contributed by atoms with Crippen LogP contribution in [0.25, 0.3) is 0 Å². The van der Waals surface area contributed by atoms with Crippen molar-refractivity contribution in [2.75, 3.05) is 18.1 Å². The van der Waals surface area contributed by atoms with Gasteiger partial charge >= 0.3 is 5.97 Å². The van der Waals surface area contributed by atoms with Crippen LogP contribution in [0.5, 0.6) is 0 Å². The topological polar surface area (TPSA) is 83.6 Å². The highest BCUT2D eigenvalue weighted by atomic mass is 32.2. The Balaban J connectivity index is 2.14. The van der Waals surface area contributed by atoms with Gasteiger partial charge in [0.15, 0.2) is 0 Å². The summed E-state index contributed by atoms with van der Waals surface area (Å²) in [4.78, 5) is 24.5. The third kappa shape index (κ3) is 3.74. The molecule has 1 saturated heterocycles. The van der Waals surface area contributed by atoms with Gasteiger partial charge in [0.05, 0.1) is 6.42 Å².